The standard InChI is InChI=1S/C11H9BrClN3O2S/c1-6(13)4-16-10-8(2-7(12)3-14-10)15-11(16)19-5-9(17)18/h2-3H,1,4-5H2,(H,17,18). The maximum Gasteiger partial charge on any atom is 0.313 e. The third-order valence-electron chi connectivity index (χ3n) is 2.17. The minimum Gasteiger partial charge on any atom is -0.481 e. The topological polar surface area (TPSA) is 68.0 Å². The lowest BCUT2D eigenvalue weighted by Gasteiger charge is -2.05. The first-order chi connectivity index (χ1) is 8.97. The Labute approximate surface area is 126 Å². The zero-order chi connectivity index (χ0) is 14.0. The number of hydrogen-bond acceptors (Lipinski definition) is 4. The lowest BCUT2D eigenvalue weighted by atomic mass is 10.4. The van der Waals surface area contributed by atoms with E-state index in [9.17, 15) is 4.79 Å². The van der Waals surface area contributed by atoms with Gasteiger partial charge in [0, 0.05) is 15.7 Å². The van der Waals surface area contributed by atoms with Gasteiger partial charge in [-0.25, -0.2) is 9.97 Å². The summed E-state index contributed by atoms with van der Waals surface area (Å²) in [4.78, 5) is 19.3. The molecule has 0 saturated carbocycles. The summed E-state index contributed by atoms with van der Waals surface area (Å²) in [6.07, 6.45) is 1.66. The fourth-order valence-electron chi connectivity index (χ4n) is 1.52. The van der Waals surface area contributed by atoms with E-state index in [2.05, 4.69) is 32.5 Å². The highest BCUT2D eigenvalue weighted by molar-refractivity contribution is 9.10. The van der Waals surface area contributed by atoms with Gasteiger partial charge in [-0.1, -0.05) is 29.9 Å². The van der Waals surface area contributed by atoms with Crippen molar-refractivity contribution in [2.45, 2.75) is 11.7 Å². The van der Waals surface area contributed by atoms with E-state index in [1.807, 2.05) is 6.07 Å². The van der Waals surface area contributed by atoms with Crippen molar-refractivity contribution in [1.29, 1.82) is 0 Å². The first-order valence-corrected chi connectivity index (χ1v) is 7.32. The van der Waals surface area contributed by atoms with Crippen LogP contribution in [0.5, 0.6) is 0 Å². The summed E-state index contributed by atoms with van der Waals surface area (Å²) in [5.74, 6) is -0.971. The van der Waals surface area contributed by atoms with Crippen LogP contribution >= 0.6 is 39.3 Å². The molecule has 0 bridgehead atoms. The van der Waals surface area contributed by atoms with Gasteiger partial charge in [0.2, 0.25) is 0 Å². The van der Waals surface area contributed by atoms with E-state index < -0.39 is 5.97 Å². The molecule has 1 N–H and O–H groups in total. The van der Waals surface area contributed by atoms with Gasteiger partial charge in [0.25, 0.3) is 0 Å². The number of fused-ring (bicyclic) bond motifs is 1. The number of rotatable bonds is 5. The zero-order valence-electron chi connectivity index (χ0n) is 9.64. The molecule has 0 saturated heterocycles. The molecule has 0 fully saturated rings. The van der Waals surface area contributed by atoms with Crippen LogP contribution in [0.3, 0.4) is 0 Å². The Hall–Kier alpha value is -1.05. The number of carboxylic acid groups (broad SMARTS) is 1. The summed E-state index contributed by atoms with van der Waals surface area (Å²) >= 11 is 10.3. The number of aliphatic carboxylic acids is 1. The molecule has 0 radical (unpaired) electrons. The number of imidazole rings is 1. The predicted octanol–water partition coefficient (Wildman–Crippen LogP) is 3.12. The largest absolute Gasteiger partial charge is 0.481 e. The van der Waals surface area contributed by atoms with Crippen LogP contribution in [-0.4, -0.2) is 31.4 Å². The maximum absolute atomic E-state index is 10.7. The number of aromatic nitrogens is 3. The molecule has 100 valence electrons. The van der Waals surface area contributed by atoms with Crippen LogP contribution in [0.1, 0.15) is 0 Å². The summed E-state index contributed by atoms with van der Waals surface area (Å²) < 4.78 is 2.56. The Morgan fingerprint density at radius 1 is 1.63 bits per heavy atom. The van der Waals surface area contributed by atoms with E-state index in [0.29, 0.717) is 27.9 Å². The average Bonchev–Trinajstić information content (AvgIpc) is 2.63. The summed E-state index contributed by atoms with van der Waals surface area (Å²) in [6.45, 7) is 3.99. The minimum absolute atomic E-state index is 0.0702. The van der Waals surface area contributed by atoms with E-state index in [1.165, 1.54) is 0 Å². The van der Waals surface area contributed by atoms with Crippen LogP contribution in [0.2, 0.25) is 0 Å². The molecule has 8 heteroatoms. The normalized spacial score (nSPS) is 10.8. The molecule has 0 aliphatic rings. The van der Waals surface area contributed by atoms with Crippen molar-refractivity contribution in [3.63, 3.8) is 0 Å². The molecule has 0 atom stereocenters. The van der Waals surface area contributed by atoms with Gasteiger partial charge in [-0.15, -0.1) is 0 Å². The number of hydrogen-bond donors (Lipinski definition) is 1. The molecule has 0 amide bonds. The van der Waals surface area contributed by atoms with Crippen molar-refractivity contribution in [2.24, 2.45) is 0 Å². The highest BCUT2D eigenvalue weighted by Crippen LogP contribution is 2.25. The summed E-state index contributed by atoms with van der Waals surface area (Å²) in [5, 5.41) is 9.73. The molecular weight excluding hydrogens is 354 g/mol. The number of nitrogens with zero attached hydrogens (tertiary/aromatic N) is 3. The maximum atomic E-state index is 10.7. The molecule has 0 aromatic carbocycles. The second-order valence-electron chi connectivity index (χ2n) is 3.68. The molecule has 2 aromatic heterocycles. The monoisotopic (exact) mass is 361 g/mol. The molecule has 0 aliphatic heterocycles. The molecular formula is C11H9BrClN3O2S. The van der Waals surface area contributed by atoms with Crippen LogP contribution in [0.15, 0.2) is 33.5 Å². The van der Waals surface area contributed by atoms with Gasteiger partial charge >= 0.3 is 5.97 Å². The third-order valence-corrected chi connectivity index (χ3v) is 3.69. The number of halogens is 2. The van der Waals surface area contributed by atoms with E-state index in [4.69, 9.17) is 16.7 Å². The first kappa shape index (κ1) is 14.4. The van der Waals surface area contributed by atoms with Gasteiger partial charge in [0.15, 0.2) is 10.8 Å². The molecule has 19 heavy (non-hydrogen) atoms. The highest BCUT2D eigenvalue weighted by Gasteiger charge is 2.14. The van der Waals surface area contributed by atoms with E-state index in [1.54, 1.807) is 10.8 Å². The van der Waals surface area contributed by atoms with Crippen molar-refractivity contribution < 1.29 is 9.90 Å². The van der Waals surface area contributed by atoms with Crippen LogP contribution in [-0.2, 0) is 11.3 Å². The minimum atomic E-state index is -0.901. The van der Waals surface area contributed by atoms with Gasteiger partial charge in [-0.05, 0) is 22.0 Å². The molecule has 2 heterocycles. The fraction of sp³-hybridized carbons (Fsp3) is 0.182. The second-order valence-corrected chi connectivity index (χ2v) is 6.07. The van der Waals surface area contributed by atoms with Crippen LogP contribution < -0.4 is 0 Å². The molecule has 5 nitrogen and oxygen atoms in total. The zero-order valence-corrected chi connectivity index (χ0v) is 12.8. The number of allylic oxidation sites excluding steroid dienone is 1. The number of pyridine rings is 1. The number of carboxylic acids is 1. The Morgan fingerprint density at radius 3 is 3.00 bits per heavy atom. The number of carbonyl (C=O) groups is 1. The predicted molar refractivity (Wildman–Crippen MR) is 78.6 cm³/mol. The van der Waals surface area contributed by atoms with Crippen LogP contribution in [0.25, 0.3) is 11.2 Å². The highest BCUT2D eigenvalue weighted by atomic mass is 79.9. The Bertz CT molecular complexity index is 659. The molecule has 2 rings (SSSR count). The van der Waals surface area contributed by atoms with Gasteiger partial charge < -0.3 is 5.11 Å². The summed E-state index contributed by atoms with van der Waals surface area (Å²) in [7, 11) is 0. The van der Waals surface area contributed by atoms with Gasteiger partial charge in [0.05, 0.1) is 12.3 Å². The van der Waals surface area contributed by atoms with E-state index in [-0.39, 0.29) is 5.75 Å². The molecule has 0 unspecified atom stereocenters. The van der Waals surface area contributed by atoms with Crippen molar-refractivity contribution in [3.8, 4) is 0 Å². The van der Waals surface area contributed by atoms with E-state index >= 15 is 0 Å². The summed E-state index contributed by atoms with van der Waals surface area (Å²) in [6, 6.07) is 1.82. The Balaban J connectivity index is 2.47. The van der Waals surface area contributed by atoms with Crippen molar-refractivity contribution >= 4 is 56.4 Å². The average molecular weight is 363 g/mol. The molecule has 2 aromatic rings. The van der Waals surface area contributed by atoms with Gasteiger partial charge in [-0.3, -0.25) is 9.36 Å². The summed E-state index contributed by atoms with van der Waals surface area (Å²) in [5.41, 5.74) is 1.33. The van der Waals surface area contributed by atoms with Gasteiger partial charge in [-0.2, -0.15) is 0 Å². The lowest BCUT2D eigenvalue weighted by Crippen LogP contribution is -2.04. The van der Waals surface area contributed by atoms with Crippen LogP contribution in [0, 0.1) is 0 Å². The second kappa shape index (κ2) is 5.94. The molecule has 0 aliphatic carbocycles. The third kappa shape index (κ3) is 3.49. The lowest BCUT2D eigenvalue weighted by molar-refractivity contribution is -0.133. The fourth-order valence-corrected chi connectivity index (χ4v) is 2.68. The van der Waals surface area contributed by atoms with Crippen LogP contribution in [0.4, 0.5) is 0 Å². The van der Waals surface area contributed by atoms with E-state index in [0.717, 1.165) is 16.2 Å². The van der Waals surface area contributed by atoms with Crippen molar-refractivity contribution in [2.75, 3.05) is 5.75 Å². The van der Waals surface area contributed by atoms with Gasteiger partial charge in [0.1, 0.15) is 5.52 Å². The SMILES string of the molecule is C=C(Cl)Cn1c(SCC(=O)O)nc2cc(Br)cnc21. The Morgan fingerprint density at radius 2 is 2.37 bits per heavy atom. The quantitative estimate of drug-likeness (QED) is 0.828. The number of thioether (sulfide) groups is 1. The van der Waals surface area contributed by atoms with Crippen molar-refractivity contribution in [3.05, 3.63) is 28.3 Å². The smallest absolute Gasteiger partial charge is 0.313 e. The first-order valence-electron chi connectivity index (χ1n) is 5.17. The molecule has 0 spiro atoms. The Kier molecular flexibility index (Phi) is 4.49. The van der Waals surface area contributed by atoms with Crippen molar-refractivity contribution in [1.82, 2.24) is 14.5 Å².